The van der Waals surface area contributed by atoms with Crippen molar-refractivity contribution in [3.63, 3.8) is 0 Å². The van der Waals surface area contributed by atoms with Gasteiger partial charge in [-0.25, -0.2) is 4.39 Å². The van der Waals surface area contributed by atoms with Gasteiger partial charge in [0.05, 0.1) is 0 Å². The Balaban J connectivity index is 0.00000320. The molecule has 1 aromatic rings. The average Bonchev–Trinajstić information content (AvgIpc) is 2.73. The fourth-order valence-electron chi connectivity index (χ4n) is 4.13. The summed E-state index contributed by atoms with van der Waals surface area (Å²) in [5.41, 5.74) is 0.676. The number of rotatable bonds is 5. The van der Waals surface area contributed by atoms with Gasteiger partial charge in [-0.15, -0.1) is 24.0 Å². The maximum absolute atomic E-state index is 14.1. The van der Waals surface area contributed by atoms with E-state index in [9.17, 15) is 4.39 Å². The molecule has 2 aliphatic rings. The molecule has 0 aromatic heterocycles. The number of likely N-dealkylation sites (N-methyl/N-ethyl adjacent to an activating group) is 1. The third-order valence-electron chi connectivity index (χ3n) is 6.27. The zero-order valence-electron chi connectivity index (χ0n) is 18.2. The van der Waals surface area contributed by atoms with Crippen LogP contribution in [0.25, 0.3) is 0 Å². The highest BCUT2D eigenvalue weighted by Crippen LogP contribution is 2.25. The summed E-state index contributed by atoms with van der Waals surface area (Å²) in [5.74, 6) is 0.698. The summed E-state index contributed by atoms with van der Waals surface area (Å²) in [6.07, 6.45) is 2.03. The van der Waals surface area contributed by atoms with Gasteiger partial charge in [-0.3, -0.25) is 9.89 Å². The van der Waals surface area contributed by atoms with Crippen LogP contribution in [0.15, 0.2) is 23.2 Å². The number of hydrogen-bond acceptors (Lipinski definition) is 4. The van der Waals surface area contributed by atoms with E-state index in [2.05, 4.69) is 39.1 Å². The van der Waals surface area contributed by atoms with Gasteiger partial charge in [-0.05, 0) is 39.1 Å². The summed E-state index contributed by atoms with van der Waals surface area (Å²) in [6, 6.07) is 4.87. The van der Waals surface area contributed by atoms with Crippen LogP contribution in [0, 0.1) is 5.82 Å². The smallest absolute Gasteiger partial charge is 0.193 e. The number of nitrogens with one attached hydrogen (secondary N) is 1. The normalized spacial score (nSPS) is 20.2. The Morgan fingerprint density at radius 3 is 2.47 bits per heavy atom. The average molecular weight is 554 g/mol. The van der Waals surface area contributed by atoms with Gasteiger partial charge in [-0.1, -0.05) is 17.7 Å². The molecule has 2 saturated heterocycles. The van der Waals surface area contributed by atoms with Gasteiger partial charge in [0.15, 0.2) is 5.96 Å². The number of guanidine groups is 1. The van der Waals surface area contributed by atoms with E-state index >= 15 is 0 Å². The Hall–Kier alpha value is -0.680. The number of hydrogen-bond donors (Lipinski definition) is 1. The van der Waals surface area contributed by atoms with Gasteiger partial charge in [0.25, 0.3) is 0 Å². The van der Waals surface area contributed by atoms with Gasteiger partial charge in [0.1, 0.15) is 5.82 Å². The van der Waals surface area contributed by atoms with Gasteiger partial charge in [0.2, 0.25) is 0 Å². The number of benzene rings is 1. The van der Waals surface area contributed by atoms with Crippen molar-refractivity contribution >= 4 is 41.5 Å². The maximum atomic E-state index is 14.1. The molecule has 2 heterocycles. The quantitative estimate of drug-likeness (QED) is 0.345. The zero-order chi connectivity index (χ0) is 20.9. The van der Waals surface area contributed by atoms with Crippen molar-refractivity contribution in [2.45, 2.75) is 24.9 Å². The van der Waals surface area contributed by atoms with Gasteiger partial charge in [-0.2, -0.15) is 0 Å². The third-order valence-corrected chi connectivity index (χ3v) is 6.63. The minimum atomic E-state index is -0.233. The van der Waals surface area contributed by atoms with Gasteiger partial charge < -0.3 is 19.9 Å². The first-order chi connectivity index (χ1) is 13.9. The Morgan fingerprint density at radius 2 is 1.90 bits per heavy atom. The molecular weight excluding hydrogens is 520 g/mol. The standard InChI is InChI=1S/C21H33ClFN5O.HI/c1-24-20(25-16-21(26(2)3)7-13-29-14-8-21)28-11-9-27(10-12-28)15-17-18(22)5-4-6-19(17)23;/h4-6H,7-16H2,1-3H3,(H,24,25);1H. The maximum Gasteiger partial charge on any atom is 0.193 e. The first-order valence-corrected chi connectivity index (χ1v) is 10.7. The molecule has 0 unspecified atom stereocenters. The highest BCUT2D eigenvalue weighted by molar-refractivity contribution is 14.0. The van der Waals surface area contributed by atoms with E-state index < -0.39 is 0 Å². The van der Waals surface area contributed by atoms with Crippen molar-refractivity contribution in [2.75, 3.05) is 67.1 Å². The second-order valence-corrected chi connectivity index (χ2v) is 8.50. The van der Waals surface area contributed by atoms with Crippen molar-refractivity contribution < 1.29 is 9.13 Å². The Labute approximate surface area is 201 Å². The molecule has 0 radical (unpaired) electrons. The van der Waals surface area contributed by atoms with E-state index in [-0.39, 0.29) is 35.3 Å². The second-order valence-electron chi connectivity index (χ2n) is 8.10. The van der Waals surface area contributed by atoms with E-state index in [4.69, 9.17) is 16.3 Å². The third kappa shape index (κ3) is 6.18. The van der Waals surface area contributed by atoms with Crippen molar-refractivity contribution in [2.24, 2.45) is 4.99 Å². The molecule has 170 valence electrons. The van der Waals surface area contributed by atoms with Crippen LogP contribution in [-0.2, 0) is 11.3 Å². The van der Waals surface area contributed by atoms with Gasteiger partial charge in [0, 0.05) is 75.7 Å². The molecule has 0 atom stereocenters. The lowest BCUT2D eigenvalue weighted by molar-refractivity contribution is -0.00535. The zero-order valence-corrected chi connectivity index (χ0v) is 21.3. The molecule has 0 aliphatic carbocycles. The van der Waals surface area contributed by atoms with Crippen LogP contribution < -0.4 is 5.32 Å². The summed E-state index contributed by atoms with van der Waals surface area (Å²) in [5, 5.41) is 4.09. The molecule has 0 saturated carbocycles. The molecule has 2 aliphatic heterocycles. The largest absolute Gasteiger partial charge is 0.381 e. The van der Waals surface area contributed by atoms with Crippen LogP contribution in [0.3, 0.4) is 0 Å². The molecule has 1 aromatic carbocycles. The predicted octanol–water partition coefficient (Wildman–Crippen LogP) is 2.90. The predicted molar refractivity (Wildman–Crippen MR) is 132 cm³/mol. The highest BCUT2D eigenvalue weighted by atomic mass is 127. The van der Waals surface area contributed by atoms with E-state index in [1.807, 2.05) is 7.05 Å². The van der Waals surface area contributed by atoms with Crippen molar-refractivity contribution in [1.82, 2.24) is 20.0 Å². The molecule has 0 bridgehead atoms. The molecule has 0 spiro atoms. The van der Waals surface area contributed by atoms with E-state index in [1.54, 1.807) is 12.1 Å². The molecule has 3 rings (SSSR count). The number of halogens is 3. The summed E-state index contributed by atoms with van der Waals surface area (Å²) < 4.78 is 19.6. The fraction of sp³-hybridized carbons (Fsp3) is 0.667. The van der Waals surface area contributed by atoms with E-state index in [1.165, 1.54) is 6.07 Å². The van der Waals surface area contributed by atoms with Crippen LogP contribution in [0.2, 0.25) is 5.02 Å². The molecule has 1 N–H and O–H groups in total. The summed E-state index contributed by atoms with van der Waals surface area (Å²) >= 11 is 6.18. The molecule has 0 amide bonds. The fourth-order valence-corrected chi connectivity index (χ4v) is 4.36. The number of ether oxygens (including phenoxy) is 1. The van der Waals surface area contributed by atoms with E-state index in [0.29, 0.717) is 17.1 Å². The van der Waals surface area contributed by atoms with Crippen molar-refractivity contribution in [3.05, 3.63) is 34.6 Å². The molecule has 9 heteroatoms. The van der Waals surface area contributed by atoms with Crippen LogP contribution in [0.4, 0.5) is 4.39 Å². The number of aliphatic imine (C=N–C) groups is 1. The summed E-state index contributed by atoms with van der Waals surface area (Å²) in [6.45, 7) is 6.38. The van der Waals surface area contributed by atoms with Crippen LogP contribution in [-0.4, -0.2) is 93.3 Å². The van der Waals surface area contributed by atoms with E-state index in [0.717, 1.165) is 64.7 Å². The van der Waals surface area contributed by atoms with Gasteiger partial charge >= 0.3 is 0 Å². The van der Waals surface area contributed by atoms with Crippen LogP contribution in [0.5, 0.6) is 0 Å². The monoisotopic (exact) mass is 553 g/mol. The number of piperazine rings is 1. The summed E-state index contributed by atoms with van der Waals surface area (Å²) in [7, 11) is 6.12. The Morgan fingerprint density at radius 1 is 1.23 bits per heavy atom. The highest BCUT2D eigenvalue weighted by Gasteiger charge is 2.35. The van der Waals surface area contributed by atoms with Crippen molar-refractivity contribution in [3.8, 4) is 0 Å². The SMILES string of the molecule is CN=C(NCC1(N(C)C)CCOCC1)N1CCN(Cc2c(F)cccc2Cl)CC1.I. The first kappa shape index (κ1) is 25.6. The molecular formula is C21H34ClFIN5O. The Bertz CT molecular complexity index is 686. The first-order valence-electron chi connectivity index (χ1n) is 10.3. The lowest BCUT2D eigenvalue weighted by Gasteiger charge is -2.44. The number of nitrogens with zero attached hydrogens (tertiary/aromatic N) is 4. The van der Waals surface area contributed by atoms with Crippen LogP contribution >= 0.6 is 35.6 Å². The lowest BCUT2D eigenvalue weighted by atomic mass is 9.88. The Kier molecular flexibility index (Phi) is 10.1. The second kappa shape index (κ2) is 11.8. The lowest BCUT2D eigenvalue weighted by Crippen LogP contribution is -2.59. The molecule has 6 nitrogen and oxygen atoms in total. The molecule has 30 heavy (non-hydrogen) atoms. The van der Waals surface area contributed by atoms with Crippen molar-refractivity contribution in [1.29, 1.82) is 0 Å². The minimum absolute atomic E-state index is 0. The van der Waals surface area contributed by atoms with Crippen LogP contribution in [0.1, 0.15) is 18.4 Å². The topological polar surface area (TPSA) is 43.3 Å². The molecule has 2 fully saturated rings. The summed E-state index contributed by atoms with van der Waals surface area (Å²) in [4.78, 5) is 11.3. The minimum Gasteiger partial charge on any atom is -0.381 e.